The van der Waals surface area contributed by atoms with Crippen LogP contribution in [0.4, 0.5) is 0 Å². The Morgan fingerprint density at radius 1 is 1.00 bits per heavy atom. The number of nitrogens with zero attached hydrogens (tertiary/aromatic N) is 3. The zero-order valence-corrected chi connectivity index (χ0v) is 13.8. The second-order valence-corrected chi connectivity index (χ2v) is 5.95. The molecule has 0 saturated carbocycles. The number of rotatable bonds is 3. The number of pyridine rings is 3. The van der Waals surface area contributed by atoms with Crippen LogP contribution in [0.2, 0.25) is 0 Å². The second kappa shape index (κ2) is 6.42. The Kier molecular flexibility index (Phi) is 3.95. The summed E-state index contributed by atoms with van der Waals surface area (Å²) in [6, 6.07) is 14.9. The molecule has 0 spiro atoms. The molecule has 0 unspecified atom stereocenters. The van der Waals surface area contributed by atoms with E-state index in [0.29, 0.717) is 22.2 Å². The van der Waals surface area contributed by atoms with Crippen molar-refractivity contribution in [2.75, 3.05) is 0 Å². The molecule has 3 aromatic heterocycles. The summed E-state index contributed by atoms with van der Waals surface area (Å²) in [5.41, 5.74) is 9.80. The van der Waals surface area contributed by atoms with Crippen LogP contribution in [0.3, 0.4) is 0 Å². The summed E-state index contributed by atoms with van der Waals surface area (Å²) in [6.45, 7) is 0.464. The topological polar surface area (TPSA) is 94.0 Å². The van der Waals surface area contributed by atoms with Crippen molar-refractivity contribution < 1.29 is 5.21 Å². The molecule has 0 atom stereocenters. The van der Waals surface area contributed by atoms with Crippen LogP contribution >= 0.6 is 0 Å². The average molecular weight is 344 g/mol. The Morgan fingerprint density at radius 3 is 2.69 bits per heavy atom. The zero-order valence-electron chi connectivity index (χ0n) is 13.8. The molecule has 128 valence electrons. The molecule has 0 fully saturated rings. The predicted molar refractivity (Wildman–Crippen MR) is 99.7 cm³/mol. The largest absolute Gasteiger partial charge is 0.423 e. The van der Waals surface area contributed by atoms with Crippen LogP contribution in [-0.4, -0.2) is 19.9 Å². The number of fused-ring (bicyclic) bond motifs is 1. The van der Waals surface area contributed by atoms with Crippen molar-refractivity contribution >= 4 is 11.0 Å². The number of nitrogens with two attached hydrogens (primary N) is 1. The van der Waals surface area contributed by atoms with Crippen molar-refractivity contribution in [3.05, 3.63) is 83.0 Å². The number of hydrogen-bond acceptors (Lipinski definition) is 5. The molecule has 0 aliphatic rings. The van der Waals surface area contributed by atoms with Gasteiger partial charge in [-0.2, -0.15) is 0 Å². The van der Waals surface area contributed by atoms with E-state index >= 15 is 0 Å². The predicted octanol–water partition coefficient (Wildman–Crippen LogP) is 2.82. The maximum atomic E-state index is 12.1. The Labute approximate surface area is 149 Å². The van der Waals surface area contributed by atoms with Gasteiger partial charge in [0.2, 0.25) is 0 Å². The molecule has 26 heavy (non-hydrogen) atoms. The van der Waals surface area contributed by atoms with Crippen molar-refractivity contribution in [2.45, 2.75) is 6.54 Å². The van der Waals surface area contributed by atoms with Gasteiger partial charge in [0.25, 0.3) is 5.56 Å². The van der Waals surface area contributed by atoms with Crippen LogP contribution in [0.15, 0.2) is 71.9 Å². The Hall–Kier alpha value is -3.51. The van der Waals surface area contributed by atoms with E-state index in [-0.39, 0.29) is 5.65 Å². The van der Waals surface area contributed by atoms with E-state index in [0.717, 1.165) is 22.3 Å². The van der Waals surface area contributed by atoms with Crippen LogP contribution in [0.1, 0.15) is 5.56 Å². The van der Waals surface area contributed by atoms with Gasteiger partial charge in [0.1, 0.15) is 0 Å². The normalized spacial score (nSPS) is 11.0. The molecule has 3 heterocycles. The van der Waals surface area contributed by atoms with Crippen LogP contribution in [0, 0.1) is 0 Å². The van der Waals surface area contributed by atoms with E-state index in [9.17, 15) is 10.0 Å². The first-order valence-corrected chi connectivity index (χ1v) is 8.12. The van der Waals surface area contributed by atoms with E-state index in [1.165, 1.54) is 12.3 Å². The molecule has 0 saturated heterocycles. The van der Waals surface area contributed by atoms with Gasteiger partial charge in [-0.15, -0.1) is 4.73 Å². The highest BCUT2D eigenvalue weighted by atomic mass is 16.5. The molecule has 4 rings (SSSR count). The molecule has 0 aliphatic heterocycles. The van der Waals surface area contributed by atoms with Crippen LogP contribution < -0.4 is 11.3 Å². The summed E-state index contributed by atoms with van der Waals surface area (Å²) >= 11 is 0. The number of aromatic nitrogens is 3. The first kappa shape index (κ1) is 16.0. The smallest absolute Gasteiger partial charge is 0.285 e. The maximum Gasteiger partial charge on any atom is 0.285 e. The van der Waals surface area contributed by atoms with Crippen molar-refractivity contribution in [1.82, 2.24) is 14.7 Å². The molecule has 3 N–H and O–H groups in total. The lowest BCUT2D eigenvalue weighted by Crippen LogP contribution is -2.18. The Morgan fingerprint density at radius 2 is 1.85 bits per heavy atom. The van der Waals surface area contributed by atoms with Gasteiger partial charge in [0.05, 0.1) is 0 Å². The molecular formula is C20H16N4O2. The average Bonchev–Trinajstić information content (AvgIpc) is 2.71. The minimum Gasteiger partial charge on any atom is -0.423 e. The van der Waals surface area contributed by atoms with Crippen molar-refractivity contribution in [3.8, 4) is 22.3 Å². The minimum atomic E-state index is -0.540. The summed E-state index contributed by atoms with van der Waals surface area (Å²) in [7, 11) is 0. The fraction of sp³-hybridized carbons (Fsp3) is 0.0500. The first-order valence-electron chi connectivity index (χ1n) is 8.12. The van der Waals surface area contributed by atoms with Crippen molar-refractivity contribution in [2.24, 2.45) is 5.73 Å². The Balaban J connectivity index is 1.92. The summed E-state index contributed by atoms with van der Waals surface area (Å²) in [6.07, 6.45) is 5.00. The van der Waals surface area contributed by atoms with Crippen molar-refractivity contribution in [3.63, 3.8) is 0 Å². The summed E-state index contributed by atoms with van der Waals surface area (Å²) in [5.74, 6) is 0. The molecule has 4 aromatic rings. The number of hydrogen-bond donors (Lipinski definition) is 2. The second-order valence-electron chi connectivity index (χ2n) is 5.95. The van der Waals surface area contributed by atoms with Crippen LogP contribution in [-0.2, 0) is 6.54 Å². The third kappa shape index (κ3) is 2.72. The SMILES string of the molecule is NCc1cccc(-c2cncc(-c3cc(=O)n(O)c4ncccc34)c2)c1. The van der Waals surface area contributed by atoms with Gasteiger partial charge in [0.15, 0.2) is 5.65 Å². The highest BCUT2D eigenvalue weighted by Gasteiger charge is 2.12. The summed E-state index contributed by atoms with van der Waals surface area (Å²) in [4.78, 5) is 20.5. The Bertz CT molecular complexity index is 1170. The highest BCUT2D eigenvalue weighted by molar-refractivity contribution is 5.93. The summed E-state index contributed by atoms with van der Waals surface area (Å²) < 4.78 is 0.556. The zero-order chi connectivity index (χ0) is 18.1. The molecule has 0 bridgehead atoms. The fourth-order valence-electron chi connectivity index (χ4n) is 3.00. The molecule has 6 nitrogen and oxygen atoms in total. The minimum absolute atomic E-state index is 0.213. The van der Waals surface area contributed by atoms with Gasteiger partial charge in [-0.25, -0.2) is 4.98 Å². The van der Waals surface area contributed by atoms with E-state index in [2.05, 4.69) is 9.97 Å². The van der Waals surface area contributed by atoms with Gasteiger partial charge in [0, 0.05) is 47.7 Å². The van der Waals surface area contributed by atoms with Gasteiger partial charge >= 0.3 is 0 Å². The summed E-state index contributed by atoms with van der Waals surface area (Å²) in [5, 5.41) is 10.6. The van der Waals surface area contributed by atoms with Crippen LogP contribution in [0.5, 0.6) is 0 Å². The molecule has 0 radical (unpaired) electrons. The highest BCUT2D eigenvalue weighted by Crippen LogP contribution is 2.29. The molecule has 0 amide bonds. The lowest BCUT2D eigenvalue weighted by Gasteiger charge is -2.10. The first-order chi connectivity index (χ1) is 12.7. The van der Waals surface area contributed by atoms with E-state index in [1.54, 1.807) is 18.5 Å². The third-order valence-electron chi connectivity index (χ3n) is 4.30. The maximum absolute atomic E-state index is 12.1. The van der Waals surface area contributed by atoms with Gasteiger partial charge < -0.3 is 10.9 Å². The monoisotopic (exact) mass is 344 g/mol. The molecule has 0 aliphatic carbocycles. The van der Waals surface area contributed by atoms with Gasteiger partial charge in [-0.3, -0.25) is 9.78 Å². The van der Waals surface area contributed by atoms with Crippen LogP contribution in [0.25, 0.3) is 33.3 Å². The lowest BCUT2D eigenvalue weighted by atomic mass is 9.99. The number of benzene rings is 1. The third-order valence-corrected chi connectivity index (χ3v) is 4.30. The molecule has 1 aromatic carbocycles. The standard InChI is InChI=1S/C20H16N4O2/c21-10-13-3-1-4-14(7-13)15-8-16(12-22-11-15)18-9-19(25)24(26)20-17(18)5-2-6-23-20/h1-9,11-12,26H,10,21H2. The molecular weight excluding hydrogens is 328 g/mol. The van der Waals surface area contributed by atoms with E-state index in [1.807, 2.05) is 36.4 Å². The van der Waals surface area contributed by atoms with E-state index in [4.69, 9.17) is 5.73 Å². The van der Waals surface area contributed by atoms with Gasteiger partial charge in [-0.1, -0.05) is 18.2 Å². The molecule has 6 heteroatoms. The lowest BCUT2D eigenvalue weighted by molar-refractivity contribution is 0.187. The quantitative estimate of drug-likeness (QED) is 0.557. The fourth-order valence-corrected chi connectivity index (χ4v) is 3.00. The van der Waals surface area contributed by atoms with Crippen molar-refractivity contribution in [1.29, 1.82) is 0 Å². The van der Waals surface area contributed by atoms with E-state index < -0.39 is 5.56 Å². The van der Waals surface area contributed by atoms with Gasteiger partial charge in [-0.05, 0) is 41.0 Å².